The van der Waals surface area contributed by atoms with Crippen LogP contribution in [0.1, 0.15) is 17.5 Å². The molecule has 2 fully saturated rings. The summed E-state index contributed by atoms with van der Waals surface area (Å²) >= 11 is 0. The number of nitrogens with zero attached hydrogens (tertiary/aromatic N) is 1. The zero-order valence-electron chi connectivity index (χ0n) is 10.9. The van der Waals surface area contributed by atoms with Crippen LogP contribution in [0.15, 0.2) is 24.3 Å². The van der Waals surface area contributed by atoms with E-state index in [0.717, 1.165) is 17.7 Å². The summed E-state index contributed by atoms with van der Waals surface area (Å²) in [6.45, 7) is 3.65. The van der Waals surface area contributed by atoms with E-state index in [0.29, 0.717) is 19.5 Å². The number of urea groups is 1. The molecule has 0 aromatic heterocycles. The van der Waals surface area contributed by atoms with Gasteiger partial charge in [0.15, 0.2) is 0 Å². The first-order valence-corrected chi connectivity index (χ1v) is 6.51. The van der Waals surface area contributed by atoms with Gasteiger partial charge in [0, 0.05) is 6.54 Å². The third kappa shape index (κ3) is 2.00. The van der Waals surface area contributed by atoms with Gasteiger partial charge in [0.05, 0.1) is 6.54 Å². The summed E-state index contributed by atoms with van der Waals surface area (Å²) < 4.78 is 0. The highest BCUT2D eigenvalue weighted by Gasteiger charge is 2.52. The Balaban J connectivity index is 1.79. The molecule has 0 unspecified atom stereocenters. The topological polar surface area (TPSA) is 61.4 Å². The number of nitrogens with one attached hydrogen (secondary N) is 2. The number of aryl methyl sites for hydroxylation is 1. The Bertz CT molecular complexity index is 518. The highest BCUT2D eigenvalue weighted by atomic mass is 16.2. The SMILES string of the molecule is Cc1ccc(CN2C(=O)N[C@]3(CCNC3)C2=O)cc1. The number of carbonyl (C=O) groups excluding carboxylic acids is 2. The van der Waals surface area contributed by atoms with Crippen molar-refractivity contribution in [1.82, 2.24) is 15.5 Å². The maximum absolute atomic E-state index is 12.4. The molecule has 0 saturated carbocycles. The first kappa shape index (κ1) is 12.2. The Morgan fingerprint density at radius 3 is 2.63 bits per heavy atom. The summed E-state index contributed by atoms with van der Waals surface area (Å²) in [6, 6.07) is 7.59. The van der Waals surface area contributed by atoms with Crippen molar-refractivity contribution in [3.63, 3.8) is 0 Å². The van der Waals surface area contributed by atoms with Crippen LogP contribution in [0.4, 0.5) is 4.79 Å². The van der Waals surface area contributed by atoms with Crippen LogP contribution in [0.5, 0.6) is 0 Å². The van der Waals surface area contributed by atoms with E-state index < -0.39 is 5.54 Å². The predicted molar refractivity (Wildman–Crippen MR) is 70.5 cm³/mol. The lowest BCUT2D eigenvalue weighted by molar-refractivity contribution is -0.131. The van der Waals surface area contributed by atoms with Crippen molar-refractivity contribution in [3.05, 3.63) is 35.4 Å². The van der Waals surface area contributed by atoms with Gasteiger partial charge in [-0.25, -0.2) is 4.79 Å². The van der Waals surface area contributed by atoms with Crippen molar-refractivity contribution < 1.29 is 9.59 Å². The summed E-state index contributed by atoms with van der Waals surface area (Å²) in [5.74, 6) is -0.108. The molecule has 0 radical (unpaired) electrons. The number of benzene rings is 1. The van der Waals surface area contributed by atoms with E-state index in [4.69, 9.17) is 0 Å². The summed E-state index contributed by atoms with van der Waals surface area (Å²) in [6.07, 6.45) is 0.669. The van der Waals surface area contributed by atoms with Crippen LogP contribution in [0.2, 0.25) is 0 Å². The Kier molecular flexibility index (Phi) is 2.78. The molecule has 2 N–H and O–H groups in total. The Labute approximate surface area is 112 Å². The number of carbonyl (C=O) groups is 2. The van der Waals surface area contributed by atoms with Gasteiger partial charge in [-0.1, -0.05) is 29.8 Å². The zero-order chi connectivity index (χ0) is 13.5. The average molecular weight is 259 g/mol. The Hall–Kier alpha value is -1.88. The van der Waals surface area contributed by atoms with E-state index in [2.05, 4.69) is 10.6 Å². The Morgan fingerprint density at radius 2 is 2.00 bits per heavy atom. The average Bonchev–Trinajstić information content (AvgIpc) is 2.94. The first-order chi connectivity index (χ1) is 9.11. The van der Waals surface area contributed by atoms with Gasteiger partial charge in [0.1, 0.15) is 5.54 Å². The van der Waals surface area contributed by atoms with Gasteiger partial charge in [-0.05, 0) is 25.5 Å². The maximum atomic E-state index is 12.4. The van der Waals surface area contributed by atoms with Gasteiger partial charge >= 0.3 is 6.03 Å². The van der Waals surface area contributed by atoms with Gasteiger partial charge in [0.2, 0.25) is 0 Å². The molecule has 1 spiro atoms. The van der Waals surface area contributed by atoms with E-state index in [1.807, 2.05) is 31.2 Å². The normalized spacial score (nSPS) is 26.3. The van der Waals surface area contributed by atoms with Gasteiger partial charge in [-0.3, -0.25) is 9.69 Å². The molecular formula is C14H17N3O2. The molecule has 5 heteroatoms. The minimum Gasteiger partial charge on any atom is -0.322 e. The maximum Gasteiger partial charge on any atom is 0.325 e. The Morgan fingerprint density at radius 1 is 1.26 bits per heavy atom. The highest BCUT2D eigenvalue weighted by molar-refractivity contribution is 6.07. The fourth-order valence-corrected chi connectivity index (χ4v) is 2.68. The molecule has 19 heavy (non-hydrogen) atoms. The zero-order valence-corrected chi connectivity index (χ0v) is 10.9. The number of amides is 3. The van der Waals surface area contributed by atoms with E-state index in [-0.39, 0.29) is 11.9 Å². The second kappa shape index (κ2) is 4.35. The molecule has 2 heterocycles. The van der Waals surface area contributed by atoms with Crippen molar-refractivity contribution in [2.24, 2.45) is 0 Å². The standard InChI is InChI=1S/C14H17N3O2/c1-10-2-4-11(5-3-10)8-17-12(18)14(16-13(17)19)6-7-15-9-14/h2-5,15H,6-9H2,1H3,(H,16,19)/t14-/m0/s1. The smallest absolute Gasteiger partial charge is 0.322 e. The molecule has 1 atom stereocenters. The lowest BCUT2D eigenvalue weighted by Gasteiger charge is -2.19. The van der Waals surface area contributed by atoms with Crippen LogP contribution >= 0.6 is 0 Å². The van der Waals surface area contributed by atoms with E-state index >= 15 is 0 Å². The quantitative estimate of drug-likeness (QED) is 0.772. The minimum atomic E-state index is -0.707. The lowest BCUT2D eigenvalue weighted by atomic mass is 9.99. The minimum absolute atomic E-state index is 0.108. The van der Waals surface area contributed by atoms with Gasteiger partial charge in [0.25, 0.3) is 5.91 Å². The summed E-state index contributed by atoms with van der Waals surface area (Å²) in [7, 11) is 0. The van der Waals surface area contributed by atoms with E-state index in [1.165, 1.54) is 4.90 Å². The monoisotopic (exact) mass is 259 g/mol. The number of hydrogen-bond donors (Lipinski definition) is 2. The summed E-state index contributed by atoms with van der Waals surface area (Å²) in [4.78, 5) is 25.7. The molecule has 100 valence electrons. The highest BCUT2D eigenvalue weighted by Crippen LogP contribution is 2.25. The van der Waals surface area contributed by atoms with Crippen molar-refractivity contribution in [1.29, 1.82) is 0 Å². The number of imide groups is 1. The molecular weight excluding hydrogens is 242 g/mol. The molecule has 5 nitrogen and oxygen atoms in total. The predicted octanol–water partition coefficient (Wildman–Crippen LogP) is 0.779. The van der Waals surface area contributed by atoms with Crippen LogP contribution in [0, 0.1) is 6.92 Å². The van der Waals surface area contributed by atoms with Crippen molar-refractivity contribution in [2.45, 2.75) is 25.4 Å². The molecule has 0 bridgehead atoms. The lowest BCUT2D eigenvalue weighted by Crippen LogP contribution is -2.48. The second-order valence-electron chi connectivity index (χ2n) is 5.32. The van der Waals surface area contributed by atoms with Crippen LogP contribution in [0.25, 0.3) is 0 Å². The fraction of sp³-hybridized carbons (Fsp3) is 0.429. The van der Waals surface area contributed by atoms with Crippen molar-refractivity contribution in [3.8, 4) is 0 Å². The second-order valence-corrected chi connectivity index (χ2v) is 5.32. The number of hydrogen-bond acceptors (Lipinski definition) is 3. The van der Waals surface area contributed by atoms with Crippen molar-refractivity contribution in [2.75, 3.05) is 13.1 Å². The largest absolute Gasteiger partial charge is 0.325 e. The summed E-state index contributed by atoms with van der Waals surface area (Å²) in [5, 5.41) is 5.97. The molecule has 2 aliphatic rings. The molecule has 2 aliphatic heterocycles. The van der Waals surface area contributed by atoms with Gasteiger partial charge in [-0.2, -0.15) is 0 Å². The third-order valence-corrected chi connectivity index (χ3v) is 3.86. The van der Waals surface area contributed by atoms with E-state index in [9.17, 15) is 9.59 Å². The van der Waals surface area contributed by atoms with Crippen LogP contribution in [0.3, 0.4) is 0 Å². The molecule has 1 aromatic rings. The molecule has 0 aliphatic carbocycles. The van der Waals surface area contributed by atoms with Crippen LogP contribution in [-0.2, 0) is 11.3 Å². The first-order valence-electron chi connectivity index (χ1n) is 6.51. The molecule has 3 amide bonds. The third-order valence-electron chi connectivity index (χ3n) is 3.86. The van der Waals surface area contributed by atoms with Gasteiger partial charge in [-0.15, -0.1) is 0 Å². The van der Waals surface area contributed by atoms with Crippen molar-refractivity contribution >= 4 is 11.9 Å². The summed E-state index contributed by atoms with van der Waals surface area (Å²) in [5.41, 5.74) is 1.43. The van der Waals surface area contributed by atoms with Crippen LogP contribution < -0.4 is 10.6 Å². The molecule has 3 rings (SSSR count). The fourth-order valence-electron chi connectivity index (χ4n) is 2.68. The number of rotatable bonds is 2. The van der Waals surface area contributed by atoms with Crippen LogP contribution in [-0.4, -0.2) is 35.5 Å². The van der Waals surface area contributed by atoms with E-state index in [1.54, 1.807) is 0 Å². The molecule has 2 saturated heterocycles. The van der Waals surface area contributed by atoms with Gasteiger partial charge < -0.3 is 10.6 Å². The molecule has 1 aromatic carbocycles.